The van der Waals surface area contributed by atoms with Crippen molar-refractivity contribution in [3.63, 3.8) is 0 Å². The molecule has 242 valence electrons. The molecule has 14 heteroatoms. The number of carbonyl (C=O) groups excluding carboxylic acids is 5. The van der Waals surface area contributed by atoms with Crippen LogP contribution in [0.4, 0.5) is 9.59 Å². The first kappa shape index (κ1) is 33.9. The second-order valence-corrected chi connectivity index (χ2v) is 13.5. The van der Waals surface area contributed by atoms with E-state index in [9.17, 15) is 28.8 Å². The van der Waals surface area contributed by atoms with Gasteiger partial charge in [0, 0.05) is 13.1 Å². The summed E-state index contributed by atoms with van der Waals surface area (Å²) < 4.78 is 15.1. The van der Waals surface area contributed by atoms with Gasteiger partial charge < -0.3 is 39.8 Å². The highest BCUT2D eigenvalue weighted by Crippen LogP contribution is 2.36. The normalized spacial score (nSPS) is 22.7. The second-order valence-electron chi connectivity index (χ2n) is 13.5. The lowest BCUT2D eigenvalue weighted by molar-refractivity contribution is -0.160. The van der Waals surface area contributed by atoms with Crippen LogP contribution < -0.4 is 10.6 Å². The van der Waals surface area contributed by atoms with Gasteiger partial charge in [-0.25, -0.2) is 19.2 Å². The van der Waals surface area contributed by atoms with Crippen LogP contribution in [0.5, 0.6) is 0 Å². The van der Waals surface area contributed by atoms with Crippen LogP contribution in [0.25, 0.3) is 0 Å². The van der Waals surface area contributed by atoms with Gasteiger partial charge in [-0.05, 0) is 91.9 Å². The van der Waals surface area contributed by atoms with Gasteiger partial charge in [-0.15, -0.1) is 0 Å². The summed E-state index contributed by atoms with van der Waals surface area (Å²) in [6.45, 7) is 11.5. The Morgan fingerprint density at radius 3 is 1.30 bits per heavy atom. The van der Waals surface area contributed by atoms with Gasteiger partial charge >= 0.3 is 24.1 Å². The summed E-state index contributed by atoms with van der Waals surface area (Å²) in [4.78, 5) is 74.1. The summed E-state index contributed by atoms with van der Waals surface area (Å²) >= 11 is 0. The fourth-order valence-electron chi connectivity index (χ4n) is 4.79. The number of alkyl carbamates (subject to hydrolysis) is 2. The van der Waals surface area contributed by atoms with Crippen molar-refractivity contribution in [2.24, 2.45) is 11.8 Å². The summed E-state index contributed by atoms with van der Waals surface area (Å²) in [6.07, 6.45) is 3.32. The first-order valence-electron chi connectivity index (χ1n) is 14.8. The number of aliphatic carboxylic acids is 1. The number of carbonyl (C=O) groups is 6. The number of carboxylic acids is 1. The van der Waals surface area contributed by atoms with Gasteiger partial charge in [-0.3, -0.25) is 9.59 Å². The molecule has 4 fully saturated rings. The van der Waals surface area contributed by atoms with Crippen LogP contribution in [0.3, 0.4) is 0 Å². The molecule has 0 radical (unpaired) electrons. The monoisotopic (exact) mass is 610 g/mol. The van der Waals surface area contributed by atoms with Crippen LogP contribution in [0, 0.1) is 11.8 Å². The molecule has 2 saturated heterocycles. The number of amides is 4. The third kappa shape index (κ3) is 9.72. The molecule has 4 rings (SSSR count). The molecule has 2 aliphatic carbocycles. The average Bonchev–Trinajstić information content (AvgIpc) is 3.70. The van der Waals surface area contributed by atoms with Gasteiger partial charge in [0.25, 0.3) is 0 Å². The molecule has 0 bridgehead atoms. The molecule has 0 spiro atoms. The molecule has 2 aliphatic heterocycles. The van der Waals surface area contributed by atoms with Crippen molar-refractivity contribution in [1.29, 1.82) is 0 Å². The number of rotatable bonds is 8. The topological polar surface area (TPSA) is 181 Å². The Labute approximate surface area is 252 Å². The van der Waals surface area contributed by atoms with Crippen molar-refractivity contribution in [2.45, 2.75) is 115 Å². The van der Waals surface area contributed by atoms with E-state index in [2.05, 4.69) is 10.6 Å². The molecule has 14 nitrogen and oxygen atoms in total. The third-order valence-corrected chi connectivity index (χ3v) is 7.43. The van der Waals surface area contributed by atoms with Crippen molar-refractivity contribution in [3.8, 4) is 0 Å². The molecule has 4 amide bonds. The standard InChI is InChI=1S/C15H24N2O5.C14H22N2O5/c1-15(2,3)22-14(20)16-11(9-5-6-9)12(18)17-8-7-10(17)13(19)21-4;1-14(2,3)21-13(20)15-10(8-4-5-8)11(17)16-7-6-9(16)12(18)19/h9-11H,5-8H2,1-4H3,(H,16,20);8-10H,4-7H2,1-3H3,(H,15,20)(H,18,19)/t10-,11+;9-,10+/m00/s1. The highest BCUT2D eigenvalue weighted by molar-refractivity contribution is 5.92. The van der Waals surface area contributed by atoms with E-state index < -0.39 is 59.5 Å². The smallest absolute Gasteiger partial charge is 0.408 e. The summed E-state index contributed by atoms with van der Waals surface area (Å²) in [7, 11) is 1.31. The Kier molecular flexibility index (Phi) is 10.6. The zero-order valence-electron chi connectivity index (χ0n) is 26.1. The summed E-state index contributed by atoms with van der Waals surface area (Å²) in [5.41, 5.74) is -1.26. The maximum Gasteiger partial charge on any atom is 0.408 e. The van der Waals surface area contributed by atoms with Gasteiger partial charge in [-0.1, -0.05) is 0 Å². The number of hydrogen-bond donors (Lipinski definition) is 3. The molecule has 2 heterocycles. The Bertz CT molecular complexity index is 1090. The van der Waals surface area contributed by atoms with Crippen molar-refractivity contribution in [2.75, 3.05) is 20.2 Å². The number of hydrogen-bond acceptors (Lipinski definition) is 9. The van der Waals surface area contributed by atoms with Gasteiger partial charge in [0.15, 0.2) is 0 Å². The molecule has 0 aromatic heterocycles. The summed E-state index contributed by atoms with van der Waals surface area (Å²) in [5, 5.41) is 14.3. The largest absolute Gasteiger partial charge is 0.480 e. The predicted molar refractivity (Wildman–Crippen MR) is 152 cm³/mol. The SMILES string of the molecule is CC(C)(C)OC(=O)N[C@@H](C(=O)N1CC[C@H]1C(=O)O)C1CC1.COC(=O)[C@@H]1CCN1C(=O)[C@H](NC(=O)OC(C)(C)C)C1CC1. The number of methoxy groups -OCH3 is 1. The predicted octanol–water partition coefficient (Wildman–Crippen LogP) is 2.04. The molecule has 2 saturated carbocycles. The van der Waals surface area contributed by atoms with Crippen molar-refractivity contribution in [1.82, 2.24) is 20.4 Å². The minimum Gasteiger partial charge on any atom is -0.480 e. The lowest BCUT2D eigenvalue weighted by Gasteiger charge is -2.40. The van der Waals surface area contributed by atoms with E-state index in [1.165, 1.54) is 16.9 Å². The number of nitrogens with zero attached hydrogens (tertiary/aromatic N) is 2. The summed E-state index contributed by atoms with van der Waals surface area (Å²) in [6, 6.07) is -2.59. The lowest BCUT2D eigenvalue weighted by Crippen LogP contribution is -2.61. The Morgan fingerprint density at radius 2 is 1.05 bits per heavy atom. The summed E-state index contributed by atoms with van der Waals surface area (Å²) in [5.74, 6) is -1.75. The highest BCUT2D eigenvalue weighted by Gasteiger charge is 2.47. The van der Waals surface area contributed by atoms with Crippen molar-refractivity contribution in [3.05, 3.63) is 0 Å². The van der Waals surface area contributed by atoms with Crippen LogP contribution in [0.2, 0.25) is 0 Å². The van der Waals surface area contributed by atoms with Gasteiger partial charge in [-0.2, -0.15) is 0 Å². The Balaban J connectivity index is 0.000000236. The minimum absolute atomic E-state index is 0.0834. The van der Waals surface area contributed by atoms with E-state index in [1.807, 2.05) is 0 Å². The first-order valence-corrected chi connectivity index (χ1v) is 14.8. The minimum atomic E-state index is -0.999. The zero-order valence-corrected chi connectivity index (χ0v) is 26.1. The number of nitrogens with one attached hydrogen (secondary N) is 2. The van der Waals surface area contributed by atoms with Crippen LogP contribution >= 0.6 is 0 Å². The third-order valence-electron chi connectivity index (χ3n) is 7.43. The number of carboxylic acid groups (broad SMARTS) is 1. The quantitative estimate of drug-likeness (QED) is 0.272. The second kappa shape index (κ2) is 13.4. The van der Waals surface area contributed by atoms with Gasteiger partial charge in [0.1, 0.15) is 35.4 Å². The van der Waals surface area contributed by atoms with Crippen LogP contribution in [0.1, 0.15) is 80.1 Å². The van der Waals surface area contributed by atoms with E-state index >= 15 is 0 Å². The number of esters is 1. The fourth-order valence-corrected chi connectivity index (χ4v) is 4.79. The molecule has 4 aliphatic rings. The Hall–Kier alpha value is -3.58. The van der Waals surface area contributed by atoms with E-state index in [0.29, 0.717) is 25.9 Å². The molecule has 0 aromatic carbocycles. The van der Waals surface area contributed by atoms with E-state index in [0.717, 1.165) is 25.7 Å². The van der Waals surface area contributed by atoms with Crippen molar-refractivity contribution >= 4 is 35.9 Å². The fraction of sp³-hybridized carbons (Fsp3) is 0.793. The lowest BCUT2D eigenvalue weighted by atomic mass is 10.00. The first-order chi connectivity index (χ1) is 19.9. The van der Waals surface area contributed by atoms with E-state index in [1.54, 1.807) is 41.5 Å². The maximum absolute atomic E-state index is 12.6. The molecule has 43 heavy (non-hydrogen) atoms. The van der Waals surface area contributed by atoms with E-state index in [-0.39, 0.29) is 23.7 Å². The van der Waals surface area contributed by atoms with E-state index in [4.69, 9.17) is 19.3 Å². The molecule has 0 aromatic rings. The van der Waals surface area contributed by atoms with Gasteiger partial charge in [0.2, 0.25) is 11.8 Å². The average molecular weight is 611 g/mol. The molecule has 0 unspecified atom stereocenters. The number of ether oxygens (including phenoxy) is 3. The highest BCUT2D eigenvalue weighted by atomic mass is 16.6. The van der Waals surface area contributed by atoms with Gasteiger partial charge in [0.05, 0.1) is 7.11 Å². The number of likely N-dealkylation sites (tertiary alicyclic amines) is 2. The molecular weight excluding hydrogens is 564 g/mol. The zero-order chi connectivity index (χ0) is 32.3. The molecule has 4 atom stereocenters. The molecular formula is C29H46N4O10. The Morgan fingerprint density at radius 1 is 0.674 bits per heavy atom. The van der Waals surface area contributed by atoms with Crippen LogP contribution in [-0.2, 0) is 33.4 Å². The van der Waals surface area contributed by atoms with Crippen molar-refractivity contribution < 1.29 is 48.1 Å². The molecule has 3 N–H and O–H groups in total. The maximum atomic E-state index is 12.6. The van der Waals surface area contributed by atoms with Crippen LogP contribution in [0.15, 0.2) is 0 Å². The van der Waals surface area contributed by atoms with Crippen LogP contribution in [-0.4, -0.2) is 106 Å².